The van der Waals surface area contributed by atoms with Crippen LogP contribution >= 0.6 is 11.5 Å². The maximum Gasteiger partial charge on any atom is 0.325 e. The van der Waals surface area contributed by atoms with Crippen LogP contribution in [0.3, 0.4) is 0 Å². The Hall–Kier alpha value is -3.10. The molecule has 156 valence electrons. The van der Waals surface area contributed by atoms with Crippen molar-refractivity contribution in [1.82, 2.24) is 9.69 Å². The summed E-state index contributed by atoms with van der Waals surface area (Å²) in [5.41, 5.74) is 9.02. The highest BCUT2D eigenvalue weighted by molar-refractivity contribution is 7.04. The molecule has 0 radical (unpaired) electrons. The monoisotopic (exact) mass is 427 g/mol. The lowest BCUT2D eigenvalue weighted by Crippen LogP contribution is -2.43. The molecule has 1 aromatic heterocycles. The number of carbonyl (C=O) groups excluding carboxylic acids is 2. The van der Waals surface area contributed by atoms with Gasteiger partial charge in [0.2, 0.25) is 0 Å². The molecule has 1 amide bonds. The molecule has 2 aromatic carbocycles. The molecule has 1 heterocycles. The normalized spacial score (nSPS) is 11.7. The van der Waals surface area contributed by atoms with E-state index < -0.39 is 23.7 Å². The van der Waals surface area contributed by atoms with Crippen molar-refractivity contribution in [2.75, 3.05) is 6.54 Å². The van der Waals surface area contributed by atoms with E-state index in [1.54, 1.807) is 6.07 Å². The molecule has 0 fully saturated rings. The Labute approximate surface area is 178 Å². The molecule has 0 bridgehead atoms. The summed E-state index contributed by atoms with van der Waals surface area (Å²) < 4.78 is 23.6. The average molecular weight is 428 g/mol. The molecule has 0 aliphatic carbocycles. The van der Waals surface area contributed by atoms with Crippen molar-refractivity contribution in [2.45, 2.75) is 26.0 Å². The molecule has 0 spiro atoms. The Morgan fingerprint density at radius 2 is 2.00 bits per heavy atom. The number of hydrogen-bond donors (Lipinski definition) is 2. The molecule has 0 saturated heterocycles. The van der Waals surface area contributed by atoms with Crippen LogP contribution in [0, 0.1) is 5.82 Å². The van der Waals surface area contributed by atoms with Crippen LogP contribution in [-0.4, -0.2) is 28.8 Å². The van der Waals surface area contributed by atoms with Crippen LogP contribution in [0.1, 0.15) is 28.5 Å². The van der Waals surface area contributed by atoms with Crippen molar-refractivity contribution in [3.05, 3.63) is 76.5 Å². The van der Waals surface area contributed by atoms with Gasteiger partial charge in [-0.3, -0.25) is 9.59 Å². The van der Waals surface area contributed by atoms with Gasteiger partial charge in [-0.2, -0.15) is 4.37 Å². The number of nitrogens with one attached hydrogen (secondary N) is 1. The van der Waals surface area contributed by atoms with Crippen LogP contribution in [0.25, 0.3) is 11.1 Å². The number of carbonyl (C=O) groups is 2. The molecule has 6 nitrogen and oxygen atoms in total. The lowest BCUT2D eigenvalue weighted by Gasteiger charge is -2.13. The van der Waals surface area contributed by atoms with E-state index in [2.05, 4.69) is 9.69 Å². The first-order valence-corrected chi connectivity index (χ1v) is 10.3. The van der Waals surface area contributed by atoms with E-state index in [0.29, 0.717) is 12.0 Å². The van der Waals surface area contributed by atoms with Crippen molar-refractivity contribution in [2.24, 2.45) is 5.73 Å². The Morgan fingerprint density at radius 3 is 2.73 bits per heavy atom. The summed E-state index contributed by atoms with van der Waals surface area (Å²) in [5.74, 6) is -1.68. The number of hydrogen-bond acceptors (Lipinski definition) is 6. The van der Waals surface area contributed by atoms with E-state index in [-0.39, 0.29) is 18.7 Å². The molecule has 0 unspecified atom stereocenters. The van der Waals surface area contributed by atoms with Crippen LogP contribution in [0.2, 0.25) is 0 Å². The van der Waals surface area contributed by atoms with Crippen LogP contribution in [0.4, 0.5) is 4.39 Å². The van der Waals surface area contributed by atoms with Gasteiger partial charge in [-0.15, -0.1) is 0 Å². The van der Waals surface area contributed by atoms with Crippen molar-refractivity contribution in [3.63, 3.8) is 0 Å². The Kier molecular flexibility index (Phi) is 7.26. The number of ether oxygens (including phenoxy) is 1. The molecule has 0 saturated carbocycles. The van der Waals surface area contributed by atoms with Gasteiger partial charge >= 0.3 is 5.97 Å². The molecule has 1 atom stereocenters. The van der Waals surface area contributed by atoms with Crippen molar-refractivity contribution < 1.29 is 18.7 Å². The van der Waals surface area contributed by atoms with E-state index in [4.69, 9.17) is 10.5 Å². The lowest BCUT2D eigenvalue weighted by atomic mass is 10.0. The maximum absolute atomic E-state index is 14.1. The predicted octanol–water partition coefficient (Wildman–Crippen LogP) is 3.31. The summed E-state index contributed by atoms with van der Waals surface area (Å²) in [4.78, 5) is 24.5. The average Bonchev–Trinajstić information content (AvgIpc) is 3.24. The highest BCUT2D eigenvalue weighted by Crippen LogP contribution is 2.27. The fraction of sp³-hybridized carbons (Fsp3) is 0.227. The third-order valence-corrected chi connectivity index (χ3v) is 5.13. The van der Waals surface area contributed by atoms with E-state index in [9.17, 15) is 14.0 Å². The van der Waals surface area contributed by atoms with E-state index in [0.717, 1.165) is 22.9 Å². The van der Waals surface area contributed by atoms with Crippen LogP contribution in [0.15, 0.2) is 53.9 Å². The Balaban J connectivity index is 1.59. The van der Waals surface area contributed by atoms with Gasteiger partial charge in [0.25, 0.3) is 5.91 Å². The largest absolute Gasteiger partial charge is 0.460 e. The van der Waals surface area contributed by atoms with E-state index >= 15 is 0 Å². The van der Waals surface area contributed by atoms with E-state index in [1.807, 2.05) is 42.6 Å². The van der Waals surface area contributed by atoms with E-state index in [1.165, 1.54) is 17.6 Å². The number of aryl methyl sites for hydroxylation is 1. The molecule has 3 aromatic rings. The highest BCUT2D eigenvalue weighted by Gasteiger charge is 2.18. The zero-order chi connectivity index (χ0) is 21.5. The molecule has 0 aliphatic rings. The second kappa shape index (κ2) is 10.1. The standard InChI is InChI=1S/C22H22FN3O3S/c1-2-20-18(13-30-26-20)15-8-16(10-17(23)9-15)21(27)25-11-19(24)22(28)29-12-14-6-4-3-5-7-14/h3-10,13,19H,2,11-12,24H2,1H3,(H,25,27)/t19-/m1/s1. The first-order valence-electron chi connectivity index (χ1n) is 9.46. The van der Waals surface area contributed by atoms with Gasteiger partial charge in [-0.1, -0.05) is 37.3 Å². The minimum atomic E-state index is -1.03. The molecule has 0 aliphatic heterocycles. The molecule has 30 heavy (non-hydrogen) atoms. The zero-order valence-corrected chi connectivity index (χ0v) is 17.2. The molecular weight excluding hydrogens is 405 g/mol. The maximum atomic E-state index is 14.1. The third kappa shape index (κ3) is 5.49. The summed E-state index contributed by atoms with van der Waals surface area (Å²) >= 11 is 1.29. The molecular formula is C22H22FN3O3S. The number of rotatable bonds is 8. The molecule has 8 heteroatoms. The smallest absolute Gasteiger partial charge is 0.325 e. The molecule has 3 N–H and O–H groups in total. The fourth-order valence-corrected chi connectivity index (χ4v) is 3.63. The van der Waals surface area contributed by atoms with Gasteiger partial charge in [-0.25, -0.2) is 4.39 Å². The van der Waals surface area contributed by atoms with Crippen LogP contribution < -0.4 is 11.1 Å². The SMILES string of the molecule is CCc1nscc1-c1cc(F)cc(C(=O)NC[C@@H](N)C(=O)OCc2ccccc2)c1. The van der Waals surface area contributed by atoms with Crippen molar-refractivity contribution in [3.8, 4) is 11.1 Å². The van der Waals surface area contributed by atoms with Crippen LogP contribution in [0.5, 0.6) is 0 Å². The van der Waals surface area contributed by atoms with Crippen LogP contribution in [-0.2, 0) is 22.6 Å². The fourth-order valence-electron chi connectivity index (χ4n) is 2.85. The number of halogens is 1. The van der Waals surface area contributed by atoms with Crippen molar-refractivity contribution >= 4 is 23.4 Å². The highest BCUT2D eigenvalue weighted by atomic mass is 32.1. The van der Waals surface area contributed by atoms with Gasteiger partial charge in [0.05, 0.1) is 5.69 Å². The number of nitrogens with zero attached hydrogens (tertiary/aromatic N) is 1. The second-order valence-electron chi connectivity index (χ2n) is 6.67. The Morgan fingerprint density at radius 1 is 1.23 bits per heavy atom. The molecule has 3 rings (SSSR count). The van der Waals surface area contributed by atoms with Crippen molar-refractivity contribution in [1.29, 1.82) is 0 Å². The summed E-state index contributed by atoms with van der Waals surface area (Å²) in [6, 6.07) is 12.3. The topological polar surface area (TPSA) is 94.3 Å². The number of nitrogens with two attached hydrogens (primary N) is 1. The minimum Gasteiger partial charge on any atom is -0.460 e. The third-order valence-electron chi connectivity index (χ3n) is 4.46. The summed E-state index contributed by atoms with van der Waals surface area (Å²) in [5, 5.41) is 4.39. The first-order chi connectivity index (χ1) is 14.5. The number of aromatic nitrogens is 1. The summed E-state index contributed by atoms with van der Waals surface area (Å²) in [6.45, 7) is 1.94. The van der Waals surface area contributed by atoms with Gasteiger partial charge in [-0.05, 0) is 47.3 Å². The first kappa shape index (κ1) is 21.6. The Bertz CT molecular complexity index is 1020. The minimum absolute atomic E-state index is 0.100. The van der Waals surface area contributed by atoms with Gasteiger partial charge in [0.15, 0.2) is 0 Å². The second-order valence-corrected chi connectivity index (χ2v) is 7.30. The van der Waals surface area contributed by atoms with Gasteiger partial charge < -0.3 is 15.8 Å². The predicted molar refractivity (Wildman–Crippen MR) is 113 cm³/mol. The van der Waals surface area contributed by atoms with Gasteiger partial charge in [0, 0.05) is 23.1 Å². The summed E-state index contributed by atoms with van der Waals surface area (Å²) in [6.07, 6.45) is 0.705. The zero-order valence-electron chi connectivity index (χ0n) is 16.4. The summed E-state index contributed by atoms with van der Waals surface area (Å²) in [7, 11) is 0. The quantitative estimate of drug-likeness (QED) is 0.538. The number of benzene rings is 2. The number of amides is 1. The number of esters is 1. The lowest BCUT2D eigenvalue weighted by molar-refractivity contribution is -0.146. The van der Waals surface area contributed by atoms with Gasteiger partial charge in [0.1, 0.15) is 18.5 Å².